The van der Waals surface area contributed by atoms with Crippen LogP contribution in [0.5, 0.6) is 0 Å². The number of amides is 1. The second-order valence-corrected chi connectivity index (χ2v) is 7.92. The normalized spacial score (nSPS) is 10.4. The van der Waals surface area contributed by atoms with Crippen molar-refractivity contribution in [3.05, 3.63) is 85.0 Å². The van der Waals surface area contributed by atoms with Crippen LogP contribution in [0, 0.1) is 0 Å². The van der Waals surface area contributed by atoms with Crippen LogP contribution in [0.15, 0.2) is 53.9 Å². The minimum absolute atomic E-state index is 0.0706. The quantitative estimate of drug-likeness (QED) is 0.370. The Hall–Kier alpha value is -2.38. The minimum atomic E-state index is -0.797. The number of hydrogen-bond acceptors (Lipinski definition) is 5. The zero-order chi connectivity index (χ0) is 21.0. The number of thiophene rings is 1. The Bertz CT molecular complexity index is 1060. The van der Waals surface area contributed by atoms with Crippen molar-refractivity contribution in [2.75, 3.05) is 11.9 Å². The van der Waals surface area contributed by atoms with E-state index in [2.05, 4.69) is 5.32 Å². The van der Waals surface area contributed by atoms with Gasteiger partial charge >= 0.3 is 5.97 Å². The fourth-order valence-electron chi connectivity index (χ4n) is 2.45. The average molecular weight is 469 g/mol. The van der Waals surface area contributed by atoms with Crippen molar-refractivity contribution < 1.29 is 19.1 Å². The fourth-order valence-corrected chi connectivity index (χ4v) is 4.03. The molecule has 0 aliphatic rings. The molecule has 148 valence electrons. The molecule has 0 spiro atoms. The standard InChI is InChI=1S/C20H12Cl3NO4S/c21-11-8-14(22)18(15(23)9-11)24-17(25)10-28-20(27)13-5-2-1-4-12(13)19(26)16-6-3-7-29-16/h1-9H,10H2,(H,24,25). The highest BCUT2D eigenvalue weighted by atomic mass is 35.5. The van der Waals surface area contributed by atoms with Crippen LogP contribution in [0.25, 0.3) is 0 Å². The lowest BCUT2D eigenvalue weighted by Gasteiger charge is -2.11. The van der Waals surface area contributed by atoms with Crippen LogP contribution in [0.4, 0.5) is 5.69 Å². The number of rotatable bonds is 6. The van der Waals surface area contributed by atoms with Crippen molar-refractivity contribution in [3.8, 4) is 0 Å². The summed E-state index contributed by atoms with van der Waals surface area (Å²) < 4.78 is 5.06. The minimum Gasteiger partial charge on any atom is -0.452 e. The van der Waals surface area contributed by atoms with Crippen molar-refractivity contribution in [2.24, 2.45) is 0 Å². The van der Waals surface area contributed by atoms with Gasteiger partial charge in [0.1, 0.15) is 0 Å². The summed E-state index contributed by atoms with van der Waals surface area (Å²) >= 11 is 19.1. The molecule has 0 unspecified atom stereocenters. The third kappa shape index (κ3) is 5.16. The number of carbonyl (C=O) groups excluding carboxylic acids is 3. The number of benzene rings is 2. The SMILES string of the molecule is O=C(COC(=O)c1ccccc1C(=O)c1cccs1)Nc1c(Cl)cc(Cl)cc1Cl. The molecule has 0 saturated heterocycles. The van der Waals surface area contributed by atoms with Gasteiger partial charge in [-0.1, -0.05) is 59.1 Å². The lowest BCUT2D eigenvalue weighted by atomic mass is 10.0. The molecule has 1 aromatic heterocycles. The predicted molar refractivity (Wildman–Crippen MR) is 115 cm³/mol. The number of anilines is 1. The molecular formula is C20H12Cl3NO4S. The number of nitrogens with one attached hydrogen (secondary N) is 1. The van der Waals surface area contributed by atoms with E-state index in [1.807, 2.05) is 0 Å². The van der Waals surface area contributed by atoms with Gasteiger partial charge in [-0.15, -0.1) is 11.3 Å². The lowest BCUT2D eigenvalue weighted by molar-refractivity contribution is -0.119. The average Bonchev–Trinajstić information content (AvgIpc) is 3.23. The van der Waals surface area contributed by atoms with Gasteiger partial charge in [0.05, 0.1) is 26.2 Å². The highest BCUT2D eigenvalue weighted by Gasteiger charge is 2.21. The molecule has 9 heteroatoms. The molecule has 0 bridgehead atoms. The Morgan fingerprint density at radius 3 is 2.21 bits per heavy atom. The largest absolute Gasteiger partial charge is 0.452 e. The third-order valence-electron chi connectivity index (χ3n) is 3.74. The Morgan fingerprint density at radius 1 is 0.931 bits per heavy atom. The van der Waals surface area contributed by atoms with Crippen LogP contribution in [-0.2, 0) is 9.53 Å². The van der Waals surface area contributed by atoms with Gasteiger partial charge in [-0.3, -0.25) is 9.59 Å². The summed E-state index contributed by atoms with van der Waals surface area (Å²) in [5, 5.41) is 4.85. The van der Waals surface area contributed by atoms with E-state index in [-0.39, 0.29) is 32.6 Å². The Balaban J connectivity index is 1.69. The molecule has 29 heavy (non-hydrogen) atoms. The summed E-state index contributed by atoms with van der Waals surface area (Å²) in [7, 11) is 0. The molecule has 0 atom stereocenters. The van der Waals surface area contributed by atoms with Crippen LogP contribution in [0.1, 0.15) is 25.6 Å². The lowest BCUT2D eigenvalue weighted by Crippen LogP contribution is -2.22. The first kappa shape index (κ1) is 21.3. The van der Waals surface area contributed by atoms with Crippen LogP contribution < -0.4 is 5.32 Å². The van der Waals surface area contributed by atoms with Gasteiger partial charge in [-0.05, 0) is 29.6 Å². The number of esters is 1. The highest BCUT2D eigenvalue weighted by Crippen LogP contribution is 2.33. The maximum absolute atomic E-state index is 12.6. The second-order valence-electron chi connectivity index (χ2n) is 5.72. The molecule has 0 aliphatic carbocycles. The molecule has 2 aromatic carbocycles. The molecule has 3 rings (SSSR count). The van der Waals surface area contributed by atoms with Crippen molar-refractivity contribution in [2.45, 2.75) is 0 Å². The first-order valence-corrected chi connectivity index (χ1v) is 10.2. The maximum atomic E-state index is 12.6. The van der Waals surface area contributed by atoms with Crippen molar-refractivity contribution in [3.63, 3.8) is 0 Å². The van der Waals surface area contributed by atoms with Gasteiger partial charge < -0.3 is 10.1 Å². The van der Waals surface area contributed by atoms with Gasteiger partial charge in [-0.25, -0.2) is 4.79 Å². The summed E-state index contributed by atoms with van der Waals surface area (Å²) in [4.78, 5) is 37.7. The monoisotopic (exact) mass is 467 g/mol. The molecule has 0 radical (unpaired) electrons. The predicted octanol–water partition coefficient (Wildman–Crippen LogP) is 5.73. The van der Waals surface area contributed by atoms with Crippen LogP contribution in [0.2, 0.25) is 15.1 Å². The third-order valence-corrected chi connectivity index (χ3v) is 5.43. The zero-order valence-corrected chi connectivity index (χ0v) is 17.7. The van der Waals surface area contributed by atoms with Gasteiger partial charge in [0.25, 0.3) is 5.91 Å². The van der Waals surface area contributed by atoms with Crippen LogP contribution >= 0.6 is 46.1 Å². The van der Waals surface area contributed by atoms with Gasteiger partial charge in [0.2, 0.25) is 5.78 Å². The number of ketones is 1. The first-order chi connectivity index (χ1) is 13.9. The smallest absolute Gasteiger partial charge is 0.339 e. The highest BCUT2D eigenvalue weighted by molar-refractivity contribution is 7.12. The number of halogens is 3. The first-order valence-electron chi connectivity index (χ1n) is 8.15. The molecular weight excluding hydrogens is 457 g/mol. The van der Waals surface area contributed by atoms with E-state index in [4.69, 9.17) is 39.5 Å². The van der Waals surface area contributed by atoms with Crippen molar-refractivity contribution in [1.82, 2.24) is 0 Å². The van der Waals surface area contributed by atoms with E-state index >= 15 is 0 Å². The molecule has 0 aliphatic heterocycles. The molecule has 3 aromatic rings. The topological polar surface area (TPSA) is 72.5 Å². The summed E-state index contributed by atoms with van der Waals surface area (Å²) in [6, 6.07) is 12.5. The summed E-state index contributed by atoms with van der Waals surface area (Å²) in [5.41, 5.74) is 0.428. The van der Waals surface area contributed by atoms with Gasteiger partial charge in [-0.2, -0.15) is 0 Å². The molecule has 1 N–H and O–H groups in total. The Labute approximate surface area is 185 Å². The van der Waals surface area contributed by atoms with E-state index in [9.17, 15) is 14.4 Å². The van der Waals surface area contributed by atoms with Crippen LogP contribution in [0.3, 0.4) is 0 Å². The fraction of sp³-hybridized carbons (Fsp3) is 0.0500. The molecule has 0 fully saturated rings. The second kappa shape index (κ2) is 9.41. The molecule has 0 saturated carbocycles. The number of carbonyl (C=O) groups is 3. The molecule has 1 heterocycles. The molecule has 1 amide bonds. The van der Waals surface area contributed by atoms with Gasteiger partial charge in [0, 0.05) is 10.6 Å². The number of hydrogen-bond donors (Lipinski definition) is 1. The summed E-state index contributed by atoms with van der Waals surface area (Å²) in [6.07, 6.45) is 0. The maximum Gasteiger partial charge on any atom is 0.339 e. The van der Waals surface area contributed by atoms with E-state index < -0.39 is 18.5 Å². The summed E-state index contributed by atoms with van der Waals surface area (Å²) in [6.45, 7) is -0.588. The van der Waals surface area contributed by atoms with Gasteiger partial charge in [0.15, 0.2) is 6.61 Å². The van der Waals surface area contributed by atoms with E-state index in [0.717, 1.165) is 0 Å². The van der Waals surface area contributed by atoms with Crippen molar-refractivity contribution in [1.29, 1.82) is 0 Å². The van der Waals surface area contributed by atoms with Crippen LogP contribution in [-0.4, -0.2) is 24.3 Å². The zero-order valence-electron chi connectivity index (χ0n) is 14.6. The van der Waals surface area contributed by atoms with E-state index in [1.165, 1.54) is 35.6 Å². The Kier molecular flexibility index (Phi) is 6.92. The van der Waals surface area contributed by atoms with Crippen molar-refractivity contribution >= 4 is 69.5 Å². The Morgan fingerprint density at radius 2 is 1.59 bits per heavy atom. The van der Waals surface area contributed by atoms with E-state index in [1.54, 1.807) is 29.6 Å². The summed E-state index contributed by atoms with van der Waals surface area (Å²) in [5.74, 6) is -1.74. The number of ether oxygens (including phenoxy) is 1. The van der Waals surface area contributed by atoms with E-state index in [0.29, 0.717) is 9.90 Å². The molecule has 5 nitrogen and oxygen atoms in total.